The molecule has 10 heteroatoms. The van der Waals surface area contributed by atoms with E-state index >= 15 is 0 Å². The van der Waals surface area contributed by atoms with Crippen molar-refractivity contribution in [3.63, 3.8) is 0 Å². The Bertz CT molecular complexity index is 1170. The highest BCUT2D eigenvalue weighted by Gasteiger charge is 2.12. The number of aromatic nitrogens is 6. The lowest BCUT2D eigenvalue weighted by molar-refractivity contribution is 0.0950. The molecule has 0 bridgehead atoms. The summed E-state index contributed by atoms with van der Waals surface area (Å²) < 4.78 is 7.02. The number of benzene rings is 1. The molecule has 158 valence electrons. The molecular formula is C21H22N8O2. The molecule has 4 aromatic rings. The molecule has 0 aliphatic carbocycles. The largest absolute Gasteiger partial charge is 0.378 e. The first-order valence-corrected chi connectivity index (χ1v) is 9.85. The number of anilines is 1. The number of amides is 1. The van der Waals surface area contributed by atoms with Gasteiger partial charge in [0.15, 0.2) is 11.6 Å². The fourth-order valence-electron chi connectivity index (χ4n) is 2.99. The van der Waals surface area contributed by atoms with Gasteiger partial charge in [0.2, 0.25) is 0 Å². The first-order valence-electron chi connectivity index (χ1n) is 9.85. The molecule has 0 unspecified atom stereocenters. The van der Waals surface area contributed by atoms with Crippen molar-refractivity contribution in [3.05, 3.63) is 71.8 Å². The van der Waals surface area contributed by atoms with Crippen LogP contribution in [0.15, 0.2) is 53.4 Å². The van der Waals surface area contributed by atoms with Crippen LogP contribution in [-0.2, 0) is 26.6 Å². The molecule has 0 radical (unpaired) electrons. The van der Waals surface area contributed by atoms with Gasteiger partial charge in [0.25, 0.3) is 5.91 Å². The number of rotatable bonds is 8. The Balaban J connectivity index is 1.37. The van der Waals surface area contributed by atoms with Crippen LogP contribution < -0.4 is 10.6 Å². The van der Waals surface area contributed by atoms with Gasteiger partial charge in [-0.05, 0) is 24.3 Å². The molecule has 31 heavy (non-hydrogen) atoms. The quantitative estimate of drug-likeness (QED) is 0.447. The minimum Gasteiger partial charge on any atom is -0.378 e. The number of hydrogen-bond acceptors (Lipinski definition) is 8. The lowest BCUT2D eigenvalue weighted by atomic mass is 10.2. The fraction of sp³-hybridized carbons (Fsp3) is 0.238. The topological polar surface area (TPSA) is 124 Å². The standard InChI is InChI=1S/C21H22N8O2/c1-3-17-10-16(28-31-17)11-24-21(30)14-5-4-6-15(9-14)23-12-19-26-27-20(29(19)2)18-7-8-22-13-25-18/h4-10,13,23H,3,11-12H2,1-2H3,(H,24,30). The molecule has 3 heterocycles. The van der Waals surface area contributed by atoms with Gasteiger partial charge in [-0.1, -0.05) is 18.1 Å². The van der Waals surface area contributed by atoms with E-state index in [0.29, 0.717) is 35.9 Å². The maximum absolute atomic E-state index is 12.5. The summed E-state index contributed by atoms with van der Waals surface area (Å²) in [4.78, 5) is 20.6. The van der Waals surface area contributed by atoms with Crippen LogP contribution in [0.3, 0.4) is 0 Å². The number of nitrogens with one attached hydrogen (secondary N) is 2. The lowest BCUT2D eigenvalue weighted by Crippen LogP contribution is -2.23. The molecule has 0 atom stereocenters. The van der Waals surface area contributed by atoms with Crippen LogP contribution in [0.5, 0.6) is 0 Å². The number of aryl methyl sites for hydroxylation is 1. The van der Waals surface area contributed by atoms with Crippen LogP contribution in [0.1, 0.15) is 34.6 Å². The third-order valence-electron chi connectivity index (χ3n) is 4.74. The average molecular weight is 418 g/mol. The molecule has 0 fully saturated rings. The van der Waals surface area contributed by atoms with Gasteiger partial charge in [0, 0.05) is 37.0 Å². The molecule has 10 nitrogen and oxygen atoms in total. The minimum atomic E-state index is -0.186. The highest BCUT2D eigenvalue weighted by molar-refractivity contribution is 5.95. The van der Waals surface area contributed by atoms with Gasteiger partial charge in [0.05, 0.1) is 13.1 Å². The van der Waals surface area contributed by atoms with Crippen molar-refractivity contribution < 1.29 is 9.32 Å². The summed E-state index contributed by atoms with van der Waals surface area (Å²) in [5, 5.41) is 18.5. The molecule has 1 aromatic carbocycles. The molecule has 0 aliphatic rings. The van der Waals surface area contributed by atoms with Crippen LogP contribution in [-0.4, -0.2) is 35.8 Å². The van der Waals surface area contributed by atoms with E-state index in [2.05, 4.69) is 36.0 Å². The Labute approximate surface area is 178 Å². The van der Waals surface area contributed by atoms with Crippen molar-refractivity contribution in [2.45, 2.75) is 26.4 Å². The van der Waals surface area contributed by atoms with E-state index in [1.54, 1.807) is 24.4 Å². The maximum atomic E-state index is 12.5. The first kappa shape index (κ1) is 20.2. The Morgan fingerprint density at radius 2 is 2.06 bits per heavy atom. The lowest BCUT2D eigenvalue weighted by Gasteiger charge is -2.09. The van der Waals surface area contributed by atoms with Gasteiger partial charge < -0.3 is 19.7 Å². The summed E-state index contributed by atoms with van der Waals surface area (Å²) in [6.07, 6.45) is 3.90. The van der Waals surface area contributed by atoms with Gasteiger partial charge in [-0.3, -0.25) is 4.79 Å². The SMILES string of the molecule is CCc1cc(CNC(=O)c2cccc(NCc3nnc(-c4ccncn4)n3C)c2)no1. The zero-order valence-corrected chi connectivity index (χ0v) is 17.2. The van der Waals surface area contributed by atoms with E-state index in [1.807, 2.05) is 36.7 Å². The van der Waals surface area contributed by atoms with Gasteiger partial charge in [-0.15, -0.1) is 10.2 Å². The normalized spacial score (nSPS) is 10.8. The number of carbonyl (C=O) groups is 1. The maximum Gasteiger partial charge on any atom is 0.251 e. The van der Waals surface area contributed by atoms with Gasteiger partial charge in [-0.25, -0.2) is 9.97 Å². The average Bonchev–Trinajstić information content (AvgIpc) is 3.43. The van der Waals surface area contributed by atoms with Crippen molar-refractivity contribution in [2.75, 3.05) is 5.32 Å². The number of hydrogen-bond donors (Lipinski definition) is 2. The molecule has 0 saturated heterocycles. The second-order valence-corrected chi connectivity index (χ2v) is 6.85. The smallest absolute Gasteiger partial charge is 0.251 e. The molecule has 0 saturated carbocycles. The Morgan fingerprint density at radius 1 is 1.16 bits per heavy atom. The molecule has 2 N–H and O–H groups in total. The van der Waals surface area contributed by atoms with Crippen molar-refractivity contribution in [1.82, 2.24) is 35.2 Å². The summed E-state index contributed by atoms with van der Waals surface area (Å²) in [5.74, 6) is 2.00. The van der Waals surface area contributed by atoms with Crippen molar-refractivity contribution in [1.29, 1.82) is 0 Å². The van der Waals surface area contributed by atoms with E-state index in [-0.39, 0.29) is 5.91 Å². The third-order valence-corrected chi connectivity index (χ3v) is 4.74. The zero-order chi connectivity index (χ0) is 21.6. The number of carbonyl (C=O) groups excluding carboxylic acids is 1. The van der Waals surface area contributed by atoms with Crippen LogP contribution >= 0.6 is 0 Å². The Kier molecular flexibility index (Phi) is 5.97. The van der Waals surface area contributed by atoms with E-state index in [1.165, 1.54) is 6.33 Å². The van der Waals surface area contributed by atoms with Crippen LogP contribution in [0, 0.1) is 0 Å². The summed E-state index contributed by atoms with van der Waals surface area (Å²) in [6, 6.07) is 10.9. The predicted molar refractivity (Wildman–Crippen MR) is 113 cm³/mol. The summed E-state index contributed by atoms with van der Waals surface area (Å²) in [7, 11) is 1.88. The third kappa shape index (κ3) is 4.74. The Morgan fingerprint density at radius 3 is 2.84 bits per heavy atom. The zero-order valence-electron chi connectivity index (χ0n) is 17.2. The highest BCUT2D eigenvalue weighted by atomic mass is 16.5. The van der Waals surface area contributed by atoms with Crippen molar-refractivity contribution >= 4 is 11.6 Å². The number of nitrogens with zero attached hydrogens (tertiary/aromatic N) is 6. The molecular weight excluding hydrogens is 396 g/mol. The molecule has 3 aromatic heterocycles. The van der Waals surface area contributed by atoms with Crippen LogP contribution in [0.2, 0.25) is 0 Å². The monoisotopic (exact) mass is 418 g/mol. The van der Waals surface area contributed by atoms with Gasteiger partial charge in [-0.2, -0.15) is 0 Å². The summed E-state index contributed by atoms with van der Waals surface area (Å²) in [6.45, 7) is 2.74. The molecule has 0 aliphatic heterocycles. The Hall–Kier alpha value is -4.08. The first-order chi connectivity index (χ1) is 15.1. The second-order valence-electron chi connectivity index (χ2n) is 6.85. The minimum absolute atomic E-state index is 0.186. The summed E-state index contributed by atoms with van der Waals surface area (Å²) in [5.41, 5.74) is 2.74. The van der Waals surface area contributed by atoms with E-state index in [9.17, 15) is 4.79 Å². The van der Waals surface area contributed by atoms with Crippen LogP contribution in [0.25, 0.3) is 11.5 Å². The summed E-state index contributed by atoms with van der Waals surface area (Å²) >= 11 is 0. The van der Waals surface area contributed by atoms with Gasteiger partial charge in [0.1, 0.15) is 23.5 Å². The van der Waals surface area contributed by atoms with E-state index in [4.69, 9.17) is 4.52 Å². The van der Waals surface area contributed by atoms with E-state index < -0.39 is 0 Å². The van der Waals surface area contributed by atoms with Gasteiger partial charge >= 0.3 is 0 Å². The molecule has 4 rings (SSSR count). The molecule has 1 amide bonds. The fourth-order valence-corrected chi connectivity index (χ4v) is 2.99. The molecule has 0 spiro atoms. The van der Waals surface area contributed by atoms with Crippen molar-refractivity contribution in [3.8, 4) is 11.5 Å². The second kappa shape index (κ2) is 9.16. The van der Waals surface area contributed by atoms with E-state index in [0.717, 1.165) is 23.7 Å². The predicted octanol–water partition coefficient (Wildman–Crippen LogP) is 2.36. The highest BCUT2D eigenvalue weighted by Crippen LogP contribution is 2.16. The van der Waals surface area contributed by atoms with Crippen LogP contribution in [0.4, 0.5) is 5.69 Å². The van der Waals surface area contributed by atoms with Crippen molar-refractivity contribution in [2.24, 2.45) is 7.05 Å².